The molecule has 0 spiro atoms. The molecule has 2 heterocycles. The van der Waals surface area contributed by atoms with E-state index in [-0.39, 0.29) is 11.9 Å². The number of aromatic nitrogens is 1. The summed E-state index contributed by atoms with van der Waals surface area (Å²) in [5, 5.41) is 1.70. The van der Waals surface area contributed by atoms with E-state index in [1.165, 1.54) is 0 Å². The molecule has 106 valence electrons. The van der Waals surface area contributed by atoms with Gasteiger partial charge in [0.25, 0.3) is 0 Å². The second-order valence-electron chi connectivity index (χ2n) is 5.01. The number of halogens is 1. The number of fused-ring (bicyclic) bond motifs is 1. The molecule has 20 heavy (non-hydrogen) atoms. The Labute approximate surface area is 122 Å². The molecular formula is C15H17ClN2O2. The minimum Gasteiger partial charge on any atom is -0.378 e. The highest BCUT2D eigenvalue weighted by Gasteiger charge is 2.24. The highest BCUT2D eigenvalue weighted by Crippen LogP contribution is 2.27. The number of hydrogen-bond donors (Lipinski definition) is 0. The fourth-order valence-corrected chi connectivity index (χ4v) is 2.89. The first-order chi connectivity index (χ1) is 9.68. The Morgan fingerprint density at radius 1 is 1.30 bits per heavy atom. The normalized spacial score (nSPS) is 17.4. The number of amides is 1. The van der Waals surface area contributed by atoms with Crippen molar-refractivity contribution in [3.05, 3.63) is 35.5 Å². The lowest BCUT2D eigenvalue weighted by atomic mass is 10.2. The molecule has 5 heteroatoms. The van der Waals surface area contributed by atoms with Crippen molar-refractivity contribution in [2.45, 2.75) is 13.0 Å². The van der Waals surface area contributed by atoms with Gasteiger partial charge >= 0.3 is 0 Å². The van der Waals surface area contributed by atoms with Crippen LogP contribution in [0, 0.1) is 0 Å². The smallest absolute Gasteiger partial charge is 0.245 e. The van der Waals surface area contributed by atoms with Crippen molar-refractivity contribution in [1.29, 1.82) is 0 Å². The van der Waals surface area contributed by atoms with Gasteiger partial charge in [0.1, 0.15) is 6.04 Å². The van der Waals surface area contributed by atoms with Crippen LogP contribution in [0.3, 0.4) is 0 Å². The second-order valence-corrected chi connectivity index (χ2v) is 5.42. The third-order valence-corrected chi connectivity index (χ3v) is 4.14. The van der Waals surface area contributed by atoms with Gasteiger partial charge in [-0.05, 0) is 25.1 Å². The van der Waals surface area contributed by atoms with Crippen LogP contribution in [0.2, 0.25) is 5.02 Å². The number of rotatable bonds is 2. The third kappa shape index (κ3) is 2.30. The maximum atomic E-state index is 12.5. The lowest BCUT2D eigenvalue weighted by molar-refractivity contribution is -0.138. The third-order valence-electron chi connectivity index (χ3n) is 3.81. The molecular weight excluding hydrogens is 276 g/mol. The number of carbonyl (C=O) groups excluding carboxylic acids is 1. The number of nitrogens with zero attached hydrogens (tertiary/aromatic N) is 2. The van der Waals surface area contributed by atoms with Crippen LogP contribution in [0.25, 0.3) is 10.9 Å². The monoisotopic (exact) mass is 292 g/mol. The Balaban J connectivity index is 1.90. The Kier molecular flexibility index (Phi) is 3.68. The van der Waals surface area contributed by atoms with Crippen LogP contribution in [0.5, 0.6) is 0 Å². The van der Waals surface area contributed by atoms with Crippen LogP contribution in [0.4, 0.5) is 0 Å². The van der Waals surface area contributed by atoms with Crippen molar-refractivity contribution in [2.75, 3.05) is 26.3 Å². The molecule has 1 aliphatic rings. The molecule has 1 saturated heterocycles. The summed E-state index contributed by atoms with van der Waals surface area (Å²) in [6.45, 7) is 4.51. The zero-order chi connectivity index (χ0) is 14.1. The molecule has 1 atom stereocenters. The van der Waals surface area contributed by atoms with E-state index in [2.05, 4.69) is 0 Å². The van der Waals surface area contributed by atoms with Gasteiger partial charge in [-0.25, -0.2) is 0 Å². The highest BCUT2D eigenvalue weighted by atomic mass is 35.5. The summed E-state index contributed by atoms with van der Waals surface area (Å²) in [5.74, 6) is 0.130. The van der Waals surface area contributed by atoms with Gasteiger partial charge in [-0.1, -0.05) is 17.7 Å². The summed E-state index contributed by atoms with van der Waals surface area (Å²) in [4.78, 5) is 14.4. The molecule has 0 N–H and O–H groups in total. The van der Waals surface area contributed by atoms with E-state index in [4.69, 9.17) is 16.3 Å². The van der Waals surface area contributed by atoms with Crippen LogP contribution in [-0.4, -0.2) is 41.7 Å². The van der Waals surface area contributed by atoms with Crippen LogP contribution >= 0.6 is 11.6 Å². The van der Waals surface area contributed by atoms with E-state index in [1.54, 1.807) is 0 Å². The van der Waals surface area contributed by atoms with Crippen LogP contribution in [-0.2, 0) is 9.53 Å². The molecule has 2 aromatic rings. The van der Waals surface area contributed by atoms with E-state index in [1.807, 2.05) is 46.9 Å². The first kappa shape index (κ1) is 13.5. The zero-order valence-corrected chi connectivity index (χ0v) is 12.1. The quantitative estimate of drug-likeness (QED) is 0.853. The molecule has 0 bridgehead atoms. The maximum absolute atomic E-state index is 12.5. The number of benzene rings is 1. The molecule has 1 aromatic heterocycles. The van der Waals surface area contributed by atoms with Gasteiger partial charge in [0.2, 0.25) is 5.91 Å². The van der Waals surface area contributed by atoms with Crippen molar-refractivity contribution in [3.63, 3.8) is 0 Å². The van der Waals surface area contributed by atoms with E-state index in [9.17, 15) is 4.79 Å². The van der Waals surface area contributed by atoms with Crippen molar-refractivity contribution in [1.82, 2.24) is 9.47 Å². The molecule has 4 nitrogen and oxygen atoms in total. The molecule has 1 unspecified atom stereocenters. The van der Waals surface area contributed by atoms with Gasteiger partial charge in [-0.2, -0.15) is 0 Å². The summed E-state index contributed by atoms with van der Waals surface area (Å²) in [5.41, 5.74) is 0.992. The lowest BCUT2D eigenvalue weighted by Crippen LogP contribution is -2.43. The van der Waals surface area contributed by atoms with Crippen molar-refractivity contribution < 1.29 is 9.53 Å². The Hall–Kier alpha value is -1.52. The summed E-state index contributed by atoms with van der Waals surface area (Å²) >= 11 is 6.18. The zero-order valence-electron chi connectivity index (χ0n) is 11.4. The number of carbonyl (C=O) groups is 1. The number of ether oxygens (including phenoxy) is 1. The minimum atomic E-state index is -0.232. The van der Waals surface area contributed by atoms with Crippen LogP contribution < -0.4 is 0 Å². The van der Waals surface area contributed by atoms with Gasteiger partial charge < -0.3 is 14.2 Å². The van der Waals surface area contributed by atoms with Crippen molar-refractivity contribution in [2.24, 2.45) is 0 Å². The van der Waals surface area contributed by atoms with Crippen LogP contribution in [0.1, 0.15) is 13.0 Å². The van der Waals surface area contributed by atoms with Gasteiger partial charge in [-0.15, -0.1) is 0 Å². The number of hydrogen-bond acceptors (Lipinski definition) is 2. The Morgan fingerprint density at radius 2 is 2.05 bits per heavy atom. The van der Waals surface area contributed by atoms with Gasteiger partial charge in [0.05, 0.1) is 18.7 Å². The molecule has 1 fully saturated rings. The van der Waals surface area contributed by atoms with Crippen LogP contribution in [0.15, 0.2) is 30.5 Å². The average Bonchev–Trinajstić information content (AvgIpc) is 2.92. The van der Waals surface area contributed by atoms with Gasteiger partial charge in [0.15, 0.2) is 0 Å². The van der Waals surface area contributed by atoms with Gasteiger partial charge in [-0.3, -0.25) is 4.79 Å². The Bertz CT molecular complexity index is 632. The second kappa shape index (κ2) is 5.46. The van der Waals surface area contributed by atoms with Gasteiger partial charge in [0, 0.05) is 29.7 Å². The Morgan fingerprint density at radius 3 is 2.80 bits per heavy atom. The van der Waals surface area contributed by atoms with Crippen molar-refractivity contribution in [3.8, 4) is 0 Å². The predicted octanol–water partition coefficient (Wildman–Crippen LogP) is 2.71. The minimum absolute atomic E-state index is 0.130. The number of morpholine rings is 1. The summed E-state index contributed by atoms with van der Waals surface area (Å²) < 4.78 is 7.27. The standard InChI is InChI=1S/C15H17ClN2O2/c1-11(15(19)17-7-9-20-10-8-17)18-6-5-12-13(16)3-2-4-14(12)18/h2-6,11H,7-10H2,1H3. The first-order valence-corrected chi connectivity index (χ1v) is 7.18. The van der Waals surface area contributed by atoms with E-state index in [0.29, 0.717) is 31.3 Å². The largest absolute Gasteiger partial charge is 0.378 e. The SMILES string of the molecule is CC(C(=O)N1CCOCC1)n1ccc2c(Cl)cccc21. The molecule has 0 saturated carbocycles. The topological polar surface area (TPSA) is 34.5 Å². The lowest BCUT2D eigenvalue weighted by Gasteiger charge is -2.30. The average molecular weight is 293 g/mol. The molecule has 1 aliphatic heterocycles. The molecule has 0 radical (unpaired) electrons. The molecule has 1 amide bonds. The van der Waals surface area contributed by atoms with Crippen molar-refractivity contribution >= 4 is 28.4 Å². The molecule has 1 aromatic carbocycles. The molecule has 0 aliphatic carbocycles. The fraction of sp³-hybridized carbons (Fsp3) is 0.400. The predicted molar refractivity (Wildman–Crippen MR) is 79.1 cm³/mol. The maximum Gasteiger partial charge on any atom is 0.245 e. The van der Waals surface area contributed by atoms with E-state index < -0.39 is 0 Å². The highest BCUT2D eigenvalue weighted by molar-refractivity contribution is 6.35. The molecule has 3 rings (SSSR count). The summed E-state index contributed by atoms with van der Waals surface area (Å²) in [7, 11) is 0. The summed E-state index contributed by atoms with van der Waals surface area (Å²) in [6.07, 6.45) is 1.93. The van der Waals surface area contributed by atoms with E-state index >= 15 is 0 Å². The fourth-order valence-electron chi connectivity index (χ4n) is 2.66. The summed E-state index contributed by atoms with van der Waals surface area (Å²) in [6, 6.07) is 7.49. The first-order valence-electron chi connectivity index (χ1n) is 6.80. The van der Waals surface area contributed by atoms with E-state index in [0.717, 1.165) is 10.9 Å².